The molecule has 0 aliphatic heterocycles. The van der Waals surface area contributed by atoms with Crippen LogP contribution >= 0.6 is 11.6 Å². The van der Waals surface area contributed by atoms with E-state index in [9.17, 15) is 0 Å². The molecule has 3 heterocycles. The van der Waals surface area contributed by atoms with E-state index in [1.807, 2.05) is 60.0 Å². The monoisotopic (exact) mass is 340 g/mol. The fraction of sp³-hybridized carbons (Fsp3) is 0.235. The standard InChI is InChI=1S/C17H17ClN6/c1-12-6-8-24(20-12)11-10-23-9-7-19-17(23)16-15-13(18)4-3-5-14(15)22(2)21-16/h3-9H,10-11H2,1-2H3. The van der Waals surface area contributed by atoms with Gasteiger partial charge in [0.15, 0.2) is 5.82 Å². The molecule has 0 saturated carbocycles. The molecule has 3 aromatic heterocycles. The van der Waals surface area contributed by atoms with Crippen LogP contribution in [-0.2, 0) is 20.1 Å². The molecule has 0 saturated heterocycles. The van der Waals surface area contributed by atoms with Gasteiger partial charge in [0.1, 0.15) is 5.69 Å². The minimum absolute atomic E-state index is 0.688. The molecular weight excluding hydrogens is 324 g/mol. The molecule has 0 fully saturated rings. The number of hydrogen-bond donors (Lipinski definition) is 0. The quantitative estimate of drug-likeness (QED) is 0.573. The van der Waals surface area contributed by atoms with Crippen LogP contribution < -0.4 is 0 Å². The summed E-state index contributed by atoms with van der Waals surface area (Å²) in [5.41, 5.74) is 2.82. The molecule has 122 valence electrons. The van der Waals surface area contributed by atoms with Gasteiger partial charge in [-0.15, -0.1) is 0 Å². The van der Waals surface area contributed by atoms with Crippen molar-refractivity contribution in [1.82, 2.24) is 29.1 Å². The molecule has 0 N–H and O–H groups in total. The first-order valence-corrected chi connectivity index (χ1v) is 8.14. The molecule has 4 rings (SSSR count). The molecule has 6 nitrogen and oxygen atoms in total. The van der Waals surface area contributed by atoms with E-state index in [0.29, 0.717) is 5.02 Å². The second kappa shape index (κ2) is 5.79. The number of nitrogens with zero attached hydrogens (tertiary/aromatic N) is 6. The van der Waals surface area contributed by atoms with Crippen LogP contribution in [0.25, 0.3) is 22.4 Å². The average Bonchev–Trinajstić information content (AvgIpc) is 3.25. The van der Waals surface area contributed by atoms with E-state index in [0.717, 1.165) is 41.2 Å². The Morgan fingerprint density at radius 1 is 1.08 bits per heavy atom. The number of benzene rings is 1. The third kappa shape index (κ3) is 2.49. The van der Waals surface area contributed by atoms with Crippen molar-refractivity contribution in [3.8, 4) is 11.5 Å². The molecule has 0 radical (unpaired) electrons. The third-order valence-electron chi connectivity index (χ3n) is 4.10. The van der Waals surface area contributed by atoms with E-state index in [-0.39, 0.29) is 0 Å². The molecule has 0 amide bonds. The van der Waals surface area contributed by atoms with Crippen LogP contribution in [0.15, 0.2) is 42.9 Å². The van der Waals surface area contributed by atoms with Crippen molar-refractivity contribution >= 4 is 22.5 Å². The van der Waals surface area contributed by atoms with Crippen molar-refractivity contribution in [1.29, 1.82) is 0 Å². The molecule has 0 unspecified atom stereocenters. The number of rotatable bonds is 4. The maximum atomic E-state index is 6.42. The lowest BCUT2D eigenvalue weighted by molar-refractivity contribution is 0.533. The van der Waals surface area contributed by atoms with Gasteiger partial charge >= 0.3 is 0 Å². The first-order valence-electron chi connectivity index (χ1n) is 7.76. The lowest BCUT2D eigenvalue weighted by Crippen LogP contribution is -2.09. The summed E-state index contributed by atoms with van der Waals surface area (Å²) in [5, 5.41) is 10.7. The Kier molecular flexibility index (Phi) is 3.61. The SMILES string of the molecule is Cc1ccn(CCn2ccnc2-c2nn(C)c3cccc(Cl)c23)n1. The Balaban J connectivity index is 1.72. The molecule has 0 bridgehead atoms. The topological polar surface area (TPSA) is 53.5 Å². The summed E-state index contributed by atoms with van der Waals surface area (Å²) in [7, 11) is 1.92. The van der Waals surface area contributed by atoms with E-state index in [4.69, 9.17) is 11.6 Å². The van der Waals surface area contributed by atoms with Gasteiger partial charge in [-0.25, -0.2) is 4.98 Å². The third-order valence-corrected chi connectivity index (χ3v) is 4.41. The zero-order valence-electron chi connectivity index (χ0n) is 13.5. The second-order valence-corrected chi connectivity index (χ2v) is 6.18. The highest BCUT2D eigenvalue weighted by molar-refractivity contribution is 6.36. The van der Waals surface area contributed by atoms with Crippen molar-refractivity contribution < 1.29 is 0 Å². The number of imidazole rings is 1. The summed E-state index contributed by atoms with van der Waals surface area (Å²) in [6.45, 7) is 3.52. The van der Waals surface area contributed by atoms with Crippen LogP contribution in [0.1, 0.15) is 5.69 Å². The van der Waals surface area contributed by atoms with Gasteiger partial charge in [-0.3, -0.25) is 9.36 Å². The summed E-state index contributed by atoms with van der Waals surface area (Å²) >= 11 is 6.42. The van der Waals surface area contributed by atoms with Crippen molar-refractivity contribution in [3.05, 3.63) is 53.6 Å². The Hall–Kier alpha value is -2.60. The van der Waals surface area contributed by atoms with Crippen molar-refractivity contribution in [2.45, 2.75) is 20.0 Å². The zero-order chi connectivity index (χ0) is 16.7. The Morgan fingerprint density at radius 3 is 2.75 bits per heavy atom. The smallest absolute Gasteiger partial charge is 0.161 e. The number of hydrogen-bond acceptors (Lipinski definition) is 3. The number of halogens is 1. The maximum Gasteiger partial charge on any atom is 0.161 e. The first kappa shape index (κ1) is 15.0. The second-order valence-electron chi connectivity index (χ2n) is 5.77. The van der Waals surface area contributed by atoms with Crippen LogP contribution in [0.4, 0.5) is 0 Å². The van der Waals surface area contributed by atoms with Gasteiger partial charge in [0.25, 0.3) is 0 Å². The van der Waals surface area contributed by atoms with E-state index < -0.39 is 0 Å². The highest BCUT2D eigenvalue weighted by atomic mass is 35.5. The van der Waals surface area contributed by atoms with Crippen LogP contribution in [0.3, 0.4) is 0 Å². The van der Waals surface area contributed by atoms with Gasteiger partial charge in [0.05, 0.1) is 22.8 Å². The average molecular weight is 341 g/mol. The fourth-order valence-electron chi connectivity index (χ4n) is 2.93. The molecule has 7 heteroatoms. The Morgan fingerprint density at radius 2 is 1.96 bits per heavy atom. The molecule has 24 heavy (non-hydrogen) atoms. The lowest BCUT2D eigenvalue weighted by atomic mass is 10.2. The number of fused-ring (bicyclic) bond motifs is 1. The predicted octanol–water partition coefficient (Wildman–Crippen LogP) is 3.30. The summed E-state index contributed by atoms with van der Waals surface area (Å²) in [6.07, 6.45) is 5.74. The van der Waals surface area contributed by atoms with Gasteiger partial charge < -0.3 is 4.57 Å². The lowest BCUT2D eigenvalue weighted by Gasteiger charge is -2.07. The van der Waals surface area contributed by atoms with Crippen molar-refractivity contribution in [3.63, 3.8) is 0 Å². The number of aryl methyl sites for hydroxylation is 4. The molecule has 4 aromatic rings. The van der Waals surface area contributed by atoms with Crippen molar-refractivity contribution in [2.24, 2.45) is 7.05 Å². The number of aromatic nitrogens is 6. The normalized spacial score (nSPS) is 11.5. The molecule has 0 aliphatic carbocycles. The summed E-state index contributed by atoms with van der Waals surface area (Å²) < 4.78 is 5.86. The fourth-order valence-corrected chi connectivity index (χ4v) is 3.19. The first-order chi connectivity index (χ1) is 11.6. The van der Waals surface area contributed by atoms with Crippen LogP contribution in [0.2, 0.25) is 5.02 Å². The highest BCUT2D eigenvalue weighted by Gasteiger charge is 2.17. The van der Waals surface area contributed by atoms with Crippen LogP contribution in [-0.4, -0.2) is 29.1 Å². The van der Waals surface area contributed by atoms with E-state index in [2.05, 4.69) is 19.7 Å². The van der Waals surface area contributed by atoms with Gasteiger partial charge in [-0.2, -0.15) is 10.2 Å². The van der Waals surface area contributed by atoms with Gasteiger partial charge in [-0.1, -0.05) is 17.7 Å². The molecule has 0 spiro atoms. The molecule has 0 aliphatic rings. The minimum Gasteiger partial charge on any atom is -0.328 e. The van der Waals surface area contributed by atoms with Gasteiger partial charge in [0, 0.05) is 37.6 Å². The predicted molar refractivity (Wildman–Crippen MR) is 93.9 cm³/mol. The zero-order valence-corrected chi connectivity index (χ0v) is 14.3. The Bertz CT molecular complexity index is 1010. The van der Waals surface area contributed by atoms with Gasteiger partial charge in [-0.05, 0) is 25.1 Å². The van der Waals surface area contributed by atoms with E-state index in [1.165, 1.54) is 0 Å². The Labute approximate surface area is 144 Å². The minimum atomic E-state index is 0.688. The summed E-state index contributed by atoms with van der Waals surface area (Å²) in [4.78, 5) is 4.51. The van der Waals surface area contributed by atoms with Gasteiger partial charge in [0.2, 0.25) is 0 Å². The molecule has 0 atom stereocenters. The van der Waals surface area contributed by atoms with E-state index in [1.54, 1.807) is 6.20 Å². The molecule has 1 aromatic carbocycles. The van der Waals surface area contributed by atoms with E-state index >= 15 is 0 Å². The van der Waals surface area contributed by atoms with Crippen LogP contribution in [0.5, 0.6) is 0 Å². The maximum absolute atomic E-state index is 6.42. The highest BCUT2D eigenvalue weighted by Crippen LogP contribution is 2.32. The largest absolute Gasteiger partial charge is 0.328 e. The van der Waals surface area contributed by atoms with Crippen LogP contribution in [0, 0.1) is 6.92 Å². The molecular formula is C17H17ClN6. The summed E-state index contributed by atoms with van der Waals surface area (Å²) in [5.74, 6) is 0.817. The van der Waals surface area contributed by atoms with Crippen molar-refractivity contribution in [2.75, 3.05) is 0 Å². The summed E-state index contributed by atoms with van der Waals surface area (Å²) in [6, 6.07) is 7.83.